The minimum absolute atomic E-state index is 0.00862. The van der Waals surface area contributed by atoms with Crippen LogP contribution in [0.5, 0.6) is 0 Å². The van der Waals surface area contributed by atoms with Gasteiger partial charge in [0.25, 0.3) is 0 Å². The Morgan fingerprint density at radius 3 is 2.39 bits per heavy atom. The maximum Gasteiger partial charge on any atom is 0.335 e. The highest BCUT2D eigenvalue weighted by atomic mass is 16.5. The Hall–Kier alpha value is -1.88. The number of hydrogen-bond donors (Lipinski definition) is 2. The van der Waals surface area contributed by atoms with Crippen LogP contribution in [-0.2, 0) is 16.0 Å². The van der Waals surface area contributed by atoms with E-state index in [1.807, 2.05) is 0 Å². The third-order valence-electron chi connectivity index (χ3n) is 4.65. The molecule has 0 heterocycles. The van der Waals surface area contributed by atoms with Crippen molar-refractivity contribution < 1.29 is 19.4 Å². The number of carboxylic acids is 1. The summed E-state index contributed by atoms with van der Waals surface area (Å²) in [6.45, 7) is 0.570. The molecule has 23 heavy (non-hydrogen) atoms. The zero-order chi connectivity index (χ0) is 16.7. The minimum Gasteiger partial charge on any atom is -0.478 e. The van der Waals surface area contributed by atoms with Gasteiger partial charge < -0.3 is 15.2 Å². The fourth-order valence-corrected chi connectivity index (χ4v) is 3.07. The van der Waals surface area contributed by atoms with E-state index in [-0.39, 0.29) is 17.1 Å². The lowest BCUT2D eigenvalue weighted by atomic mass is 9.84. The van der Waals surface area contributed by atoms with E-state index < -0.39 is 5.97 Å². The second-order valence-corrected chi connectivity index (χ2v) is 6.23. The van der Waals surface area contributed by atoms with Crippen molar-refractivity contribution in [2.45, 2.75) is 50.5 Å². The first-order valence-corrected chi connectivity index (χ1v) is 8.19. The molecule has 0 saturated heterocycles. The van der Waals surface area contributed by atoms with E-state index in [1.54, 1.807) is 31.4 Å². The first-order valence-electron chi connectivity index (χ1n) is 8.19. The number of aryl methyl sites for hydroxylation is 1. The summed E-state index contributed by atoms with van der Waals surface area (Å²) in [6.07, 6.45) is 6.55. The van der Waals surface area contributed by atoms with Crippen molar-refractivity contribution in [2.24, 2.45) is 0 Å². The highest BCUT2D eigenvalue weighted by Gasteiger charge is 2.31. The van der Waals surface area contributed by atoms with Gasteiger partial charge in [-0.3, -0.25) is 4.79 Å². The Morgan fingerprint density at radius 1 is 1.17 bits per heavy atom. The maximum absolute atomic E-state index is 12.0. The van der Waals surface area contributed by atoms with Gasteiger partial charge in [-0.15, -0.1) is 0 Å². The molecule has 1 aromatic rings. The molecular formula is C18H25NO4. The van der Waals surface area contributed by atoms with E-state index in [9.17, 15) is 9.59 Å². The predicted octanol–water partition coefficient (Wildman–Crippen LogP) is 2.78. The van der Waals surface area contributed by atoms with E-state index in [0.29, 0.717) is 19.4 Å². The Kier molecular flexibility index (Phi) is 6.16. The molecule has 1 aliphatic rings. The summed E-state index contributed by atoms with van der Waals surface area (Å²) in [4.78, 5) is 22.8. The molecule has 0 unspecified atom stereocenters. The van der Waals surface area contributed by atoms with E-state index in [0.717, 1.165) is 31.2 Å². The number of amides is 1. The molecule has 0 radical (unpaired) electrons. The highest BCUT2D eigenvalue weighted by molar-refractivity contribution is 5.87. The number of methoxy groups -OCH3 is 1. The van der Waals surface area contributed by atoms with Gasteiger partial charge in [-0.2, -0.15) is 0 Å². The zero-order valence-electron chi connectivity index (χ0n) is 13.6. The molecule has 0 spiro atoms. The molecule has 1 fully saturated rings. The number of carboxylic acid groups (broad SMARTS) is 1. The molecule has 1 amide bonds. The molecule has 0 atom stereocenters. The average Bonchev–Trinajstić information content (AvgIpc) is 2.59. The molecule has 2 rings (SSSR count). The summed E-state index contributed by atoms with van der Waals surface area (Å²) in [5, 5.41) is 11.8. The van der Waals surface area contributed by atoms with Crippen molar-refractivity contribution in [1.29, 1.82) is 0 Å². The highest BCUT2D eigenvalue weighted by Crippen LogP contribution is 2.30. The van der Waals surface area contributed by atoms with Gasteiger partial charge >= 0.3 is 5.97 Å². The number of nitrogens with one attached hydrogen (secondary N) is 1. The van der Waals surface area contributed by atoms with E-state index in [1.165, 1.54) is 6.42 Å². The van der Waals surface area contributed by atoms with Gasteiger partial charge in [-0.25, -0.2) is 4.79 Å². The van der Waals surface area contributed by atoms with Gasteiger partial charge in [-0.05, 0) is 37.0 Å². The zero-order valence-corrected chi connectivity index (χ0v) is 13.6. The SMILES string of the molecule is COC1(CNC(=O)CCc2ccc(C(=O)O)cc2)CCCCC1. The predicted molar refractivity (Wildman–Crippen MR) is 87.6 cm³/mol. The first-order chi connectivity index (χ1) is 11.0. The third kappa shape index (κ3) is 5.06. The number of carbonyl (C=O) groups excluding carboxylic acids is 1. The molecule has 2 N–H and O–H groups in total. The Balaban J connectivity index is 1.77. The molecule has 1 saturated carbocycles. The second kappa shape index (κ2) is 8.11. The first kappa shape index (κ1) is 17.5. The fourth-order valence-electron chi connectivity index (χ4n) is 3.07. The normalized spacial score (nSPS) is 16.7. The number of rotatable bonds is 7. The Labute approximate surface area is 137 Å². The monoisotopic (exact) mass is 319 g/mol. The van der Waals surface area contributed by atoms with Crippen molar-refractivity contribution in [3.8, 4) is 0 Å². The van der Waals surface area contributed by atoms with Crippen LogP contribution in [0.15, 0.2) is 24.3 Å². The summed E-state index contributed by atoms with van der Waals surface area (Å²) in [5.41, 5.74) is 1.03. The van der Waals surface area contributed by atoms with E-state index in [2.05, 4.69) is 5.32 Å². The smallest absolute Gasteiger partial charge is 0.335 e. The molecule has 1 aliphatic carbocycles. The van der Waals surface area contributed by atoms with Crippen LogP contribution in [-0.4, -0.2) is 36.2 Å². The average molecular weight is 319 g/mol. The minimum atomic E-state index is -0.938. The van der Waals surface area contributed by atoms with E-state index >= 15 is 0 Å². The summed E-state index contributed by atoms with van der Waals surface area (Å²) < 4.78 is 5.66. The number of benzene rings is 1. The maximum atomic E-state index is 12.0. The number of carbonyl (C=O) groups is 2. The van der Waals surface area contributed by atoms with Crippen LogP contribution in [0, 0.1) is 0 Å². The van der Waals surface area contributed by atoms with Gasteiger partial charge in [0.2, 0.25) is 5.91 Å². The molecule has 0 aromatic heterocycles. The van der Waals surface area contributed by atoms with Gasteiger partial charge in [0.05, 0.1) is 11.2 Å². The van der Waals surface area contributed by atoms with Crippen LogP contribution < -0.4 is 5.32 Å². The quantitative estimate of drug-likeness (QED) is 0.810. The van der Waals surface area contributed by atoms with Crippen molar-refractivity contribution >= 4 is 11.9 Å². The fraction of sp³-hybridized carbons (Fsp3) is 0.556. The topological polar surface area (TPSA) is 75.6 Å². The van der Waals surface area contributed by atoms with Gasteiger partial charge in [0, 0.05) is 20.1 Å². The summed E-state index contributed by atoms with van der Waals surface area (Å²) in [7, 11) is 1.72. The van der Waals surface area contributed by atoms with Crippen molar-refractivity contribution in [3.63, 3.8) is 0 Å². The molecule has 5 nitrogen and oxygen atoms in total. The van der Waals surface area contributed by atoms with Crippen LogP contribution in [0.2, 0.25) is 0 Å². The largest absolute Gasteiger partial charge is 0.478 e. The second-order valence-electron chi connectivity index (χ2n) is 6.23. The van der Waals surface area contributed by atoms with Crippen LogP contribution in [0.1, 0.15) is 54.4 Å². The lowest BCUT2D eigenvalue weighted by Crippen LogP contribution is -2.45. The molecule has 126 valence electrons. The van der Waals surface area contributed by atoms with Gasteiger partial charge in [0.15, 0.2) is 0 Å². The van der Waals surface area contributed by atoms with Gasteiger partial charge in [0.1, 0.15) is 0 Å². The standard InChI is InChI=1S/C18H25NO4/c1-23-18(11-3-2-4-12-18)13-19-16(20)10-7-14-5-8-15(9-6-14)17(21)22/h5-6,8-9H,2-4,7,10-13H2,1H3,(H,19,20)(H,21,22). The lowest BCUT2D eigenvalue weighted by molar-refractivity contribution is -0.123. The molecule has 0 bridgehead atoms. The van der Waals surface area contributed by atoms with Crippen molar-refractivity contribution in [1.82, 2.24) is 5.32 Å². The molecule has 0 aliphatic heterocycles. The van der Waals surface area contributed by atoms with Crippen molar-refractivity contribution in [3.05, 3.63) is 35.4 Å². The third-order valence-corrected chi connectivity index (χ3v) is 4.65. The summed E-state index contributed by atoms with van der Waals surface area (Å²) >= 11 is 0. The molecule has 5 heteroatoms. The van der Waals surface area contributed by atoms with Crippen LogP contribution in [0.3, 0.4) is 0 Å². The summed E-state index contributed by atoms with van der Waals surface area (Å²) in [6, 6.07) is 6.65. The molecular weight excluding hydrogens is 294 g/mol. The van der Waals surface area contributed by atoms with Crippen LogP contribution >= 0.6 is 0 Å². The molecule has 1 aromatic carbocycles. The Bertz CT molecular complexity index is 532. The summed E-state index contributed by atoms with van der Waals surface area (Å²) in [5.74, 6) is -0.930. The lowest BCUT2D eigenvalue weighted by Gasteiger charge is -2.36. The van der Waals surface area contributed by atoms with E-state index in [4.69, 9.17) is 9.84 Å². The van der Waals surface area contributed by atoms with Gasteiger partial charge in [-0.1, -0.05) is 31.4 Å². The number of aromatic carboxylic acids is 1. The Morgan fingerprint density at radius 2 is 1.83 bits per heavy atom. The number of hydrogen-bond acceptors (Lipinski definition) is 3. The number of ether oxygens (including phenoxy) is 1. The van der Waals surface area contributed by atoms with Crippen molar-refractivity contribution in [2.75, 3.05) is 13.7 Å². The van der Waals surface area contributed by atoms with Crippen LogP contribution in [0.25, 0.3) is 0 Å². The van der Waals surface area contributed by atoms with Crippen LogP contribution in [0.4, 0.5) is 0 Å².